The van der Waals surface area contributed by atoms with Crippen LogP contribution in [0.1, 0.15) is 65.8 Å². The van der Waals surface area contributed by atoms with Crippen molar-refractivity contribution in [2.75, 3.05) is 0 Å². The smallest absolute Gasteiger partial charge is 0.336 e. The van der Waals surface area contributed by atoms with E-state index in [1.807, 2.05) is 0 Å². The van der Waals surface area contributed by atoms with E-state index >= 15 is 0 Å². The third-order valence-electron chi connectivity index (χ3n) is 3.29. The molecule has 0 spiro atoms. The van der Waals surface area contributed by atoms with Crippen molar-refractivity contribution in [1.29, 1.82) is 0 Å². The highest BCUT2D eigenvalue weighted by Crippen LogP contribution is 2.16. The van der Waals surface area contributed by atoms with E-state index < -0.39 is 11.9 Å². The van der Waals surface area contributed by atoms with Crippen LogP contribution in [0.15, 0.2) is 18.2 Å². The first-order valence-corrected chi connectivity index (χ1v) is 7.01. The quantitative estimate of drug-likeness (QED) is 0.708. The Bertz CT molecular complexity index is 477. The first-order chi connectivity index (χ1) is 9.41. The Morgan fingerprint density at radius 2 is 1.65 bits per heavy atom. The molecule has 0 bridgehead atoms. The molecule has 0 radical (unpaired) electrons. The zero-order valence-corrected chi connectivity index (χ0v) is 12.1. The summed E-state index contributed by atoms with van der Waals surface area (Å²) in [5.41, 5.74) is 0.607. The summed E-state index contributed by atoms with van der Waals surface area (Å²) in [6, 6.07) is 4.57. The number of hydrogen-bond acceptors (Lipinski definition) is 2. The Hall–Kier alpha value is -1.84. The molecule has 0 fully saturated rings. The van der Waals surface area contributed by atoms with Crippen LogP contribution in [0.3, 0.4) is 0 Å². The van der Waals surface area contributed by atoms with Crippen LogP contribution < -0.4 is 0 Å². The lowest BCUT2D eigenvalue weighted by atomic mass is 9.99. The van der Waals surface area contributed by atoms with Gasteiger partial charge in [-0.15, -0.1) is 0 Å². The van der Waals surface area contributed by atoms with Gasteiger partial charge in [0.1, 0.15) is 0 Å². The maximum absolute atomic E-state index is 11.1. The van der Waals surface area contributed by atoms with Crippen molar-refractivity contribution in [1.82, 2.24) is 0 Å². The Morgan fingerprint density at radius 3 is 2.20 bits per heavy atom. The van der Waals surface area contributed by atoms with E-state index in [1.165, 1.54) is 25.0 Å². The Morgan fingerprint density at radius 1 is 1.00 bits per heavy atom. The van der Waals surface area contributed by atoms with Crippen LogP contribution in [0.2, 0.25) is 0 Å². The molecule has 4 heteroatoms. The Balaban J connectivity index is 2.61. The van der Waals surface area contributed by atoms with Crippen LogP contribution >= 0.6 is 0 Å². The third-order valence-corrected chi connectivity index (χ3v) is 3.29. The van der Waals surface area contributed by atoms with Crippen molar-refractivity contribution < 1.29 is 19.8 Å². The van der Waals surface area contributed by atoms with Gasteiger partial charge in [0.25, 0.3) is 0 Å². The molecule has 0 atom stereocenters. The summed E-state index contributed by atoms with van der Waals surface area (Å²) in [4.78, 5) is 22.0. The number of carboxylic acid groups (broad SMARTS) is 2. The summed E-state index contributed by atoms with van der Waals surface area (Å²) < 4.78 is 0. The van der Waals surface area contributed by atoms with E-state index in [2.05, 4.69) is 13.8 Å². The number of unbranched alkanes of at least 4 members (excludes halogenated alkanes) is 2. The second-order valence-electron chi connectivity index (χ2n) is 5.48. The minimum atomic E-state index is -1.20. The van der Waals surface area contributed by atoms with Crippen LogP contribution in [0, 0.1) is 5.92 Å². The summed E-state index contributed by atoms with van der Waals surface area (Å²) in [6.45, 7) is 4.40. The van der Waals surface area contributed by atoms with Gasteiger partial charge in [-0.3, -0.25) is 0 Å². The molecule has 0 heterocycles. The largest absolute Gasteiger partial charge is 0.478 e. The summed E-state index contributed by atoms with van der Waals surface area (Å²) in [5, 5.41) is 18.0. The van der Waals surface area contributed by atoms with E-state index in [4.69, 9.17) is 10.2 Å². The fourth-order valence-electron chi connectivity index (χ4n) is 2.17. The van der Waals surface area contributed by atoms with E-state index in [0.717, 1.165) is 24.8 Å². The molecule has 4 nitrogen and oxygen atoms in total. The summed E-state index contributed by atoms with van der Waals surface area (Å²) >= 11 is 0. The highest BCUT2D eigenvalue weighted by atomic mass is 16.4. The molecule has 0 aliphatic heterocycles. The lowest BCUT2D eigenvalue weighted by Gasteiger charge is -2.07. The first kappa shape index (κ1) is 16.2. The number of hydrogen-bond donors (Lipinski definition) is 2. The molecular weight excluding hydrogens is 256 g/mol. The van der Waals surface area contributed by atoms with Gasteiger partial charge in [-0.2, -0.15) is 0 Å². The molecule has 0 aliphatic rings. The van der Waals surface area contributed by atoms with Crippen molar-refractivity contribution in [2.45, 2.75) is 46.0 Å². The SMILES string of the molecule is CC(C)CCCCCc1ccc(C(=O)O)c(C(=O)O)c1. The summed E-state index contributed by atoms with van der Waals surface area (Å²) in [6.07, 6.45) is 5.28. The highest BCUT2D eigenvalue weighted by Gasteiger charge is 2.16. The van der Waals surface area contributed by atoms with Crippen LogP contribution in [0.25, 0.3) is 0 Å². The lowest BCUT2D eigenvalue weighted by Crippen LogP contribution is -2.08. The van der Waals surface area contributed by atoms with Gasteiger partial charge in [0.15, 0.2) is 0 Å². The molecule has 0 unspecified atom stereocenters. The van der Waals surface area contributed by atoms with Crippen LogP contribution in [0.5, 0.6) is 0 Å². The maximum atomic E-state index is 11.1. The minimum absolute atomic E-state index is 0.128. The standard InChI is InChI=1S/C16H22O4/c1-11(2)6-4-3-5-7-12-8-9-13(15(17)18)14(10-12)16(19)20/h8-11H,3-7H2,1-2H3,(H,17,18)(H,19,20). The minimum Gasteiger partial charge on any atom is -0.478 e. The van der Waals surface area contributed by atoms with E-state index in [0.29, 0.717) is 5.92 Å². The number of rotatable bonds is 8. The molecule has 110 valence electrons. The van der Waals surface area contributed by atoms with Crippen molar-refractivity contribution in [3.05, 3.63) is 34.9 Å². The molecule has 0 saturated carbocycles. The van der Waals surface area contributed by atoms with Gasteiger partial charge in [-0.1, -0.05) is 39.2 Å². The van der Waals surface area contributed by atoms with Gasteiger partial charge in [0, 0.05) is 0 Å². The zero-order valence-electron chi connectivity index (χ0n) is 12.1. The van der Waals surface area contributed by atoms with Gasteiger partial charge in [-0.25, -0.2) is 9.59 Å². The fourth-order valence-corrected chi connectivity index (χ4v) is 2.17. The average molecular weight is 278 g/mol. The number of carbonyl (C=O) groups is 2. The number of carboxylic acids is 2. The highest BCUT2D eigenvalue weighted by molar-refractivity contribution is 6.01. The normalized spacial score (nSPS) is 10.8. The maximum Gasteiger partial charge on any atom is 0.336 e. The van der Waals surface area contributed by atoms with Gasteiger partial charge in [0.05, 0.1) is 11.1 Å². The van der Waals surface area contributed by atoms with Crippen molar-refractivity contribution in [3.8, 4) is 0 Å². The molecule has 1 aromatic carbocycles. The van der Waals surface area contributed by atoms with Crippen molar-refractivity contribution in [2.24, 2.45) is 5.92 Å². The molecule has 0 aliphatic carbocycles. The molecule has 0 aromatic heterocycles. The molecular formula is C16H22O4. The lowest BCUT2D eigenvalue weighted by molar-refractivity contribution is 0.0651. The third kappa shape index (κ3) is 5.03. The molecule has 0 amide bonds. The van der Waals surface area contributed by atoms with E-state index in [-0.39, 0.29) is 11.1 Å². The molecule has 1 aromatic rings. The molecule has 0 saturated heterocycles. The molecule has 2 N–H and O–H groups in total. The predicted octanol–water partition coefficient (Wildman–Crippen LogP) is 3.84. The van der Waals surface area contributed by atoms with E-state index in [9.17, 15) is 9.59 Å². The molecule has 1 rings (SSSR count). The van der Waals surface area contributed by atoms with Crippen LogP contribution in [0.4, 0.5) is 0 Å². The zero-order chi connectivity index (χ0) is 15.1. The van der Waals surface area contributed by atoms with Crippen molar-refractivity contribution in [3.63, 3.8) is 0 Å². The number of aromatic carboxylic acids is 2. The van der Waals surface area contributed by atoms with Gasteiger partial charge in [0.2, 0.25) is 0 Å². The van der Waals surface area contributed by atoms with Crippen LogP contribution in [-0.2, 0) is 6.42 Å². The Kier molecular flexibility index (Phi) is 6.22. The van der Waals surface area contributed by atoms with Crippen LogP contribution in [-0.4, -0.2) is 22.2 Å². The molecule has 20 heavy (non-hydrogen) atoms. The Labute approximate surface area is 119 Å². The number of benzene rings is 1. The predicted molar refractivity (Wildman–Crippen MR) is 77.4 cm³/mol. The van der Waals surface area contributed by atoms with Gasteiger partial charge < -0.3 is 10.2 Å². The summed E-state index contributed by atoms with van der Waals surface area (Å²) in [7, 11) is 0. The van der Waals surface area contributed by atoms with Crippen molar-refractivity contribution >= 4 is 11.9 Å². The second kappa shape index (κ2) is 7.68. The topological polar surface area (TPSA) is 74.6 Å². The summed E-state index contributed by atoms with van der Waals surface area (Å²) in [5.74, 6) is -1.68. The average Bonchev–Trinajstić information content (AvgIpc) is 2.37. The van der Waals surface area contributed by atoms with Gasteiger partial charge in [-0.05, 0) is 36.5 Å². The number of aryl methyl sites for hydroxylation is 1. The van der Waals surface area contributed by atoms with E-state index in [1.54, 1.807) is 6.07 Å². The first-order valence-electron chi connectivity index (χ1n) is 7.01. The fraction of sp³-hybridized carbons (Fsp3) is 0.500. The second-order valence-corrected chi connectivity index (χ2v) is 5.48. The monoisotopic (exact) mass is 278 g/mol. The van der Waals surface area contributed by atoms with Gasteiger partial charge >= 0.3 is 11.9 Å².